The van der Waals surface area contributed by atoms with Crippen LogP contribution < -0.4 is 10.6 Å². The molecule has 1 rings (SSSR count). The number of hydrogen-bond donors (Lipinski definition) is 2. The van der Waals surface area contributed by atoms with Crippen molar-refractivity contribution in [1.29, 1.82) is 0 Å². The first-order chi connectivity index (χ1) is 9.08. The van der Waals surface area contributed by atoms with Crippen LogP contribution in [0.3, 0.4) is 0 Å². The van der Waals surface area contributed by atoms with Crippen LogP contribution in [0.4, 0.5) is 4.79 Å². The second kappa shape index (κ2) is 7.93. The molecule has 0 saturated carbocycles. The lowest BCUT2D eigenvalue weighted by Gasteiger charge is -2.07. The Morgan fingerprint density at radius 1 is 1.32 bits per heavy atom. The average Bonchev–Trinajstić information content (AvgIpc) is 2.77. The Morgan fingerprint density at radius 3 is 2.63 bits per heavy atom. The minimum atomic E-state index is -0.893. The van der Waals surface area contributed by atoms with Crippen LogP contribution in [-0.2, 0) is 30.2 Å². The quantitative estimate of drug-likeness (QED) is 0.783. The largest absolute Gasteiger partial charge is 0.361 e. The van der Waals surface area contributed by atoms with Gasteiger partial charge in [0.05, 0.1) is 5.69 Å². The molecule has 0 fully saturated rings. The summed E-state index contributed by atoms with van der Waals surface area (Å²) in [4.78, 5) is 11.5. The number of aromatic nitrogens is 1. The minimum Gasteiger partial charge on any atom is -0.361 e. The second-order valence-electron chi connectivity index (χ2n) is 4.12. The normalized spacial score (nSPS) is 12.2. The molecule has 2 N–H and O–H groups in total. The van der Waals surface area contributed by atoms with Gasteiger partial charge in [0.25, 0.3) is 0 Å². The Labute approximate surface area is 115 Å². The van der Waals surface area contributed by atoms with E-state index in [2.05, 4.69) is 15.8 Å². The number of amides is 2. The molecule has 19 heavy (non-hydrogen) atoms. The van der Waals surface area contributed by atoms with E-state index in [4.69, 9.17) is 4.52 Å². The molecule has 0 spiro atoms. The van der Waals surface area contributed by atoms with Crippen LogP contribution in [0, 0.1) is 0 Å². The molecule has 0 radical (unpaired) electrons. The number of urea groups is 1. The Morgan fingerprint density at radius 2 is 2.05 bits per heavy atom. The highest BCUT2D eigenvalue weighted by Crippen LogP contribution is 2.15. The van der Waals surface area contributed by atoms with Crippen LogP contribution in [0.5, 0.6) is 0 Å². The lowest BCUT2D eigenvalue weighted by Crippen LogP contribution is -2.37. The average molecular weight is 287 g/mol. The summed E-state index contributed by atoms with van der Waals surface area (Å²) < 4.78 is 16.1. The summed E-state index contributed by atoms with van der Waals surface area (Å²) in [5.41, 5.74) is 1.84. The second-order valence-corrected chi connectivity index (χ2v) is 5.68. The van der Waals surface area contributed by atoms with Gasteiger partial charge in [0.15, 0.2) is 0 Å². The summed E-state index contributed by atoms with van der Waals surface area (Å²) >= 11 is 0. The van der Waals surface area contributed by atoms with Gasteiger partial charge in [0.2, 0.25) is 0 Å². The van der Waals surface area contributed by atoms with Crippen LogP contribution in [0.25, 0.3) is 0 Å². The van der Waals surface area contributed by atoms with Gasteiger partial charge in [0.1, 0.15) is 5.76 Å². The maximum atomic E-state index is 11.5. The van der Waals surface area contributed by atoms with Gasteiger partial charge in [-0.3, -0.25) is 4.21 Å². The van der Waals surface area contributed by atoms with Crippen molar-refractivity contribution in [3.05, 3.63) is 17.0 Å². The van der Waals surface area contributed by atoms with Crippen molar-refractivity contribution in [2.45, 2.75) is 33.2 Å². The van der Waals surface area contributed by atoms with Gasteiger partial charge < -0.3 is 15.2 Å². The molecule has 0 aliphatic carbocycles. The molecule has 108 valence electrons. The Balaban J connectivity index is 2.45. The monoisotopic (exact) mass is 287 g/mol. The summed E-state index contributed by atoms with van der Waals surface area (Å²) in [5, 5.41) is 9.40. The number of aryl methyl sites for hydroxylation is 2. The Bertz CT molecular complexity index is 424. The molecule has 1 aromatic heterocycles. The molecule has 1 heterocycles. The third-order valence-electron chi connectivity index (χ3n) is 2.71. The van der Waals surface area contributed by atoms with E-state index in [1.54, 1.807) is 6.26 Å². The minimum absolute atomic E-state index is 0.268. The van der Waals surface area contributed by atoms with E-state index in [0.717, 1.165) is 29.9 Å². The van der Waals surface area contributed by atoms with Crippen molar-refractivity contribution in [2.24, 2.45) is 0 Å². The van der Waals surface area contributed by atoms with Gasteiger partial charge >= 0.3 is 6.03 Å². The van der Waals surface area contributed by atoms with Gasteiger partial charge in [-0.25, -0.2) is 4.79 Å². The Hall–Kier alpha value is -1.37. The van der Waals surface area contributed by atoms with E-state index in [0.29, 0.717) is 18.8 Å². The molecule has 1 aromatic rings. The van der Waals surface area contributed by atoms with E-state index in [1.165, 1.54) is 0 Å². The van der Waals surface area contributed by atoms with Gasteiger partial charge in [-0.2, -0.15) is 0 Å². The summed E-state index contributed by atoms with van der Waals surface area (Å²) in [6, 6.07) is -0.268. The van der Waals surface area contributed by atoms with Crippen LogP contribution in [0.15, 0.2) is 4.52 Å². The lowest BCUT2D eigenvalue weighted by atomic mass is 10.1. The van der Waals surface area contributed by atoms with Crippen molar-refractivity contribution in [3.8, 4) is 0 Å². The van der Waals surface area contributed by atoms with Gasteiger partial charge in [-0.05, 0) is 6.42 Å². The topological polar surface area (TPSA) is 84.2 Å². The van der Waals surface area contributed by atoms with E-state index in [1.807, 2.05) is 13.8 Å². The van der Waals surface area contributed by atoms with Gasteiger partial charge in [0, 0.05) is 47.9 Å². The van der Waals surface area contributed by atoms with Crippen molar-refractivity contribution >= 4 is 16.8 Å². The Kier molecular flexibility index (Phi) is 6.55. The van der Waals surface area contributed by atoms with Gasteiger partial charge in [-0.15, -0.1) is 0 Å². The van der Waals surface area contributed by atoms with E-state index < -0.39 is 10.8 Å². The fraction of sp³-hybridized carbons (Fsp3) is 0.667. The molecular weight excluding hydrogens is 266 g/mol. The molecule has 0 aliphatic rings. The molecule has 7 heteroatoms. The highest BCUT2D eigenvalue weighted by atomic mass is 32.2. The number of carbonyl (C=O) groups is 1. The molecule has 2 amide bonds. The zero-order valence-electron chi connectivity index (χ0n) is 11.6. The lowest BCUT2D eigenvalue weighted by molar-refractivity contribution is 0.241. The van der Waals surface area contributed by atoms with Gasteiger partial charge in [-0.1, -0.05) is 19.0 Å². The predicted molar refractivity (Wildman–Crippen MR) is 74.4 cm³/mol. The van der Waals surface area contributed by atoms with E-state index >= 15 is 0 Å². The smallest absolute Gasteiger partial charge is 0.315 e. The van der Waals surface area contributed by atoms with Crippen LogP contribution in [0.2, 0.25) is 0 Å². The number of nitrogens with one attached hydrogen (secondary N) is 2. The van der Waals surface area contributed by atoms with Crippen molar-refractivity contribution in [3.63, 3.8) is 0 Å². The van der Waals surface area contributed by atoms with Crippen molar-refractivity contribution in [1.82, 2.24) is 15.8 Å². The molecule has 0 aromatic carbocycles. The zero-order valence-corrected chi connectivity index (χ0v) is 12.4. The maximum absolute atomic E-state index is 11.5. The third kappa shape index (κ3) is 5.02. The highest BCUT2D eigenvalue weighted by molar-refractivity contribution is 7.84. The summed E-state index contributed by atoms with van der Waals surface area (Å²) in [6.45, 7) is 4.79. The molecule has 0 saturated heterocycles. The van der Waals surface area contributed by atoms with Crippen molar-refractivity contribution < 1.29 is 13.5 Å². The maximum Gasteiger partial charge on any atom is 0.315 e. The number of hydrogen-bond acceptors (Lipinski definition) is 4. The first-order valence-electron chi connectivity index (χ1n) is 6.36. The first kappa shape index (κ1) is 15.7. The van der Waals surface area contributed by atoms with Crippen LogP contribution in [0.1, 0.15) is 30.9 Å². The highest BCUT2D eigenvalue weighted by Gasteiger charge is 2.13. The van der Waals surface area contributed by atoms with E-state index in [-0.39, 0.29) is 6.03 Å². The fourth-order valence-corrected chi connectivity index (χ4v) is 2.07. The zero-order chi connectivity index (χ0) is 14.3. The fourth-order valence-electron chi connectivity index (χ4n) is 1.68. The predicted octanol–water partition coefficient (Wildman–Crippen LogP) is 0.977. The summed E-state index contributed by atoms with van der Waals surface area (Å²) in [6.07, 6.45) is 3.13. The summed E-state index contributed by atoms with van der Waals surface area (Å²) in [7, 11) is -0.893. The third-order valence-corrected chi connectivity index (χ3v) is 3.49. The number of nitrogens with zero attached hydrogens (tertiary/aromatic N) is 1. The molecule has 0 unspecified atom stereocenters. The molecule has 1 atom stereocenters. The first-order valence-corrected chi connectivity index (χ1v) is 8.09. The van der Waals surface area contributed by atoms with Crippen LogP contribution in [-0.4, -0.2) is 34.0 Å². The van der Waals surface area contributed by atoms with Crippen LogP contribution >= 0.6 is 0 Å². The molecule has 0 bridgehead atoms. The van der Waals surface area contributed by atoms with Crippen molar-refractivity contribution in [2.75, 3.05) is 18.6 Å². The number of carbonyl (C=O) groups excluding carboxylic acids is 1. The SMILES string of the molecule is CCc1noc(CC)c1CNC(=O)NCC[S@@](C)=O. The molecular formula is C12H21N3O3S. The standard InChI is InChI=1S/C12H21N3O3S/c1-4-10-9(11(5-2)18-15-10)8-14-12(16)13-6-7-19(3)17/h4-8H2,1-3H3,(H2,13,14,16)/t19-/m1/s1. The number of rotatable bonds is 7. The molecule has 0 aliphatic heterocycles. The molecule has 6 nitrogen and oxygen atoms in total. The van der Waals surface area contributed by atoms with E-state index in [9.17, 15) is 9.00 Å². The summed E-state index contributed by atoms with van der Waals surface area (Å²) in [5.74, 6) is 1.27.